The number of carbonyl (C=O) groups excluding carboxylic acids is 1. The van der Waals surface area contributed by atoms with E-state index in [2.05, 4.69) is 5.32 Å². The number of hydrogen-bond donors (Lipinski definition) is 1. The molecule has 1 atom stereocenters. The van der Waals surface area contributed by atoms with Crippen molar-refractivity contribution in [1.82, 2.24) is 5.32 Å². The van der Waals surface area contributed by atoms with Gasteiger partial charge in [0.2, 0.25) is 0 Å². The molecule has 0 spiro atoms. The fourth-order valence-corrected chi connectivity index (χ4v) is 6.47. The molecule has 0 aliphatic rings. The number of hydrogen-bond acceptors (Lipinski definition) is 3. The molecule has 0 aliphatic heterocycles. The third-order valence-electron chi connectivity index (χ3n) is 7.13. The fourth-order valence-electron chi connectivity index (χ4n) is 4.78. The number of carbonyl (C=O) groups is 1. The number of aryl methyl sites for hydroxylation is 2. The van der Waals surface area contributed by atoms with Crippen LogP contribution in [0, 0.1) is 13.8 Å². The summed E-state index contributed by atoms with van der Waals surface area (Å²) < 4.78 is 29.0. The van der Waals surface area contributed by atoms with Gasteiger partial charge in [0.25, 0.3) is 15.9 Å². The van der Waals surface area contributed by atoms with Gasteiger partial charge in [-0.05, 0) is 72.5 Å². The molecule has 7 heteroatoms. The van der Waals surface area contributed by atoms with E-state index < -0.39 is 10.0 Å². The van der Waals surface area contributed by atoms with Gasteiger partial charge in [0.15, 0.2) is 0 Å². The third-order valence-corrected chi connectivity index (χ3v) is 9.14. The van der Waals surface area contributed by atoms with Gasteiger partial charge in [0.1, 0.15) is 0 Å². The summed E-state index contributed by atoms with van der Waals surface area (Å²) in [6, 6.07) is 38.2. The van der Waals surface area contributed by atoms with Crippen molar-refractivity contribution < 1.29 is 13.2 Å². The molecule has 5 aromatic rings. The van der Waals surface area contributed by atoms with Gasteiger partial charge in [0, 0.05) is 10.6 Å². The minimum atomic E-state index is -3.90. The predicted octanol–water partition coefficient (Wildman–Crippen LogP) is 7.87. The molecule has 0 fully saturated rings. The van der Waals surface area contributed by atoms with Crippen LogP contribution in [0.25, 0.3) is 0 Å². The lowest BCUT2D eigenvalue weighted by Gasteiger charge is -2.26. The molecule has 0 bridgehead atoms. The van der Waals surface area contributed by atoms with Gasteiger partial charge in [0.05, 0.1) is 23.2 Å². The Kier molecular flexibility index (Phi) is 8.76. The lowest BCUT2D eigenvalue weighted by Crippen LogP contribution is -2.31. The van der Waals surface area contributed by atoms with Gasteiger partial charge < -0.3 is 5.32 Å². The Hall–Kier alpha value is -4.39. The van der Waals surface area contributed by atoms with Crippen molar-refractivity contribution in [1.29, 1.82) is 0 Å². The zero-order valence-corrected chi connectivity index (χ0v) is 24.9. The molecule has 0 radical (unpaired) electrons. The van der Waals surface area contributed by atoms with Crippen molar-refractivity contribution >= 4 is 33.2 Å². The Bertz CT molecular complexity index is 1770. The molecule has 0 aromatic heterocycles. The minimum absolute atomic E-state index is 0.0658. The van der Waals surface area contributed by atoms with Crippen LogP contribution >= 0.6 is 11.6 Å². The fraction of sp³-hybridized carbons (Fsp3) is 0.114. The monoisotopic (exact) mass is 594 g/mol. The summed E-state index contributed by atoms with van der Waals surface area (Å²) >= 11 is 6.29. The van der Waals surface area contributed by atoms with Crippen LogP contribution in [0.1, 0.15) is 44.2 Å². The highest BCUT2D eigenvalue weighted by Crippen LogP contribution is 2.31. The zero-order valence-electron chi connectivity index (χ0n) is 23.4. The SMILES string of the molecule is Cc1ccc([C@H](NC(=O)c2ccc(CN(c3cc(Cl)ccc3C)S(=O)(=O)c3ccccc3)cc2)c2ccccc2)cc1. The number of rotatable bonds is 9. The lowest BCUT2D eigenvalue weighted by molar-refractivity contribution is 0.0943. The summed E-state index contributed by atoms with van der Waals surface area (Å²) in [6.45, 7) is 3.95. The maximum absolute atomic E-state index is 13.8. The predicted molar refractivity (Wildman–Crippen MR) is 169 cm³/mol. The number of anilines is 1. The van der Waals surface area contributed by atoms with Crippen LogP contribution in [0.4, 0.5) is 5.69 Å². The van der Waals surface area contributed by atoms with E-state index in [4.69, 9.17) is 11.6 Å². The standard InChI is InChI=1S/C35H31ClN2O3S/c1-25-13-18-29(19-14-25)34(28-9-5-3-6-10-28)37-35(39)30-20-16-27(17-21-30)24-38(33-23-31(36)22-15-26(33)2)42(40,41)32-11-7-4-8-12-32/h3-23,34H,24H2,1-2H3,(H,37,39)/t34-/m1/s1. The zero-order chi connectivity index (χ0) is 29.7. The molecule has 0 aliphatic carbocycles. The summed E-state index contributed by atoms with van der Waals surface area (Å²) in [7, 11) is -3.90. The maximum Gasteiger partial charge on any atom is 0.264 e. The highest BCUT2D eigenvalue weighted by atomic mass is 35.5. The molecule has 1 N–H and O–H groups in total. The number of amides is 1. The number of benzene rings is 5. The molecule has 5 nitrogen and oxygen atoms in total. The highest BCUT2D eigenvalue weighted by molar-refractivity contribution is 7.92. The molecular weight excluding hydrogens is 564 g/mol. The Labute approximate surface area is 252 Å². The molecule has 5 aromatic carbocycles. The third kappa shape index (κ3) is 6.56. The molecule has 42 heavy (non-hydrogen) atoms. The van der Waals surface area contributed by atoms with E-state index in [0.29, 0.717) is 16.3 Å². The Morgan fingerprint density at radius 1 is 0.762 bits per heavy atom. The second-order valence-corrected chi connectivity index (χ2v) is 12.5. The first-order chi connectivity index (χ1) is 20.2. The number of nitrogens with one attached hydrogen (secondary N) is 1. The summed E-state index contributed by atoms with van der Waals surface area (Å²) in [5.74, 6) is -0.226. The summed E-state index contributed by atoms with van der Waals surface area (Å²) in [6.07, 6.45) is 0. The lowest BCUT2D eigenvalue weighted by atomic mass is 9.97. The highest BCUT2D eigenvalue weighted by Gasteiger charge is 2.27. The average Bonchev–Trinajstić information content (AvgIpc) is 3.01. The Morgan fingerprint density at radius 2 is 1.36 bits per heavy atom. The molecule has 0 saturated carbocycles. The second kappa shape index (κ2) is 12.6. The van der Waals surface area contributed by atoms with Crippen molar-refractivity contribution in [3.8, 4) is 0 Å². The van der Waals surface area contributed by atoms with Crippen LogP contribution in [0.15, 0.2) is 132 Å². The quantitative estimate of drug-likeness (QED) is 0.189. The van der Waals surface area contributed by atoms with E-state index in [1.807, 2.05) is 68.4 Å². The molecule has 1 amide bonds. The van der Waals surface area contributed by atoms with E-state index >= 15 is 0 Å². The van der Waals surface area contributed by atoms with Crippen molar-refractivity contribution in [2.75, 3.05) is 4.31 Å². The molecule has 0 unspecified atom stereocenters. The summed E-state index contributed by atoms with van der Waals surface area (Å²) in [5, 5.41) is 3.61. The average molecular weight is 595 g/mol. The van der Waals surface area contributed by atoms with Gasteiger partial charge in [-0.3, -0.25) is 9.10 Å². The Morgan fingerprint density at radius 3 is 2.00 bits per heavy atom. The van der Waals surface area contributed by atoms with E-state index in [1.54, 1.807) is 72.8 Å². The topological polar surface area (TPSA) is 66.5 Å². The summed E-state index contributed by atoms with van der Waals surface area (Å²) in [5.41, 5.74) is 5.57. The van der Waals surface area contributed by atoms with Gasteiger partial charge in [-0.25, -0.2) is 8.42 Å². The second-order valence-electron chi connectivity index (χ2n) is 10.2. The molecule has 0 saturated heterocycles. The smallest absolute Gasteiger partial charge is 0.264 e. The van der Waals surface area contributed by atoms with Gasteiger partial charge in [-0.2, -0.15) is 0 Å². The van der Waals surface area contributed by atoms with Crippen LogP contribution in [-0.4, -0.2) is 14.3 Å². The van der Waals surface area contributed by atoms with E-state index in [9.17, 15) is 13.2 Å². The maximum atomic E-state index is 13.8. The van der Waals surface area contributed by atoms with E-state index in [-0.39, 0.29) is 23.4 Å². The molecular formula is C35H31ClN2O3S. The van der Waals surface area contributed by atoms with Crippen LogP contribution in [0.5, 0.6) is 0 Å². The van der Waals surface area contributed by atoms with Crippen LogP contribution < -0.4 is 9.62 Å². The van der Waals surface area contributed by atoms with Crippen molar-refractivity contribution in [3.05, 3.63) is 166 Å². The first kappa shape index (κ1) is 29.1. The normalized spacial score (nSPS) is 12.0. The van der Waals surface area contributed by atoms with E-state index in [0.717, 1.165) is 27.8 Å². The summed E-state index contributed by atoms with van der Waals surface area (Å²) in [4.78, 5) is 13.6. The minimum Gasteiger partial charge on any atom is -0.341 e. The largest absolute Gasteiger partial charge is 0.341 e. The van der Waals surface area contributed by atoms with Gasteiger partial charge >= 0.3 is 0 Å². The number of sulfonamides is 1. The number of nitrogens with zero attached hydrogens (tertiary/aromatic N) is 1. The molecule has 0 heterocycles. The van der Waals surface area contributed by atoms with Gasteiger partial charge in [-0.1, -0.05) is 108 Å². The van der Waals surface area contributed by atoms with Crippen LogP contribution in [0.3, 0.4) is 0 Å². The van der Waals surface area contributed by atoms with E-state index in [1.165, 1.54) is 4.31 Å². The first-order valence-electron chi connectivity index (χ1n) is 13.6. The Balaban J connectivity index is 1.42. The van der Waals surface area contributed by atoms with Crippen LogP contribution in [-0.2, 0) is 16.6 Å². The van der Waals surface area contributed by atoms with Crippen molar-refractivity contribution in [2.24, 2.45) is 0 Å². The van der Waals surface area contributed by atoms with Crippen LogP contribution in [0.2, 0.25) is 5.02 Å². The van der Waals surface area contributed by atoms with Crippen molar-refractivity contribution in [3.63, 3.8) is 0 Å². The molecule has 212 valence electrons. The first-order valence-corrected chi connectivity index (χ1v) is 15.4. The molecule has 5 rings (SSSR count). The van der Waals surface area contributed by atoms with Crippen molar-refractivity contribution in [2.45, 2.75) is 31.3 Å². The van der Waals surface area contributed by atoms with Gasteiger partial charge in [-0.15, -0.1) is 0 Å². The number of halogens is 1.